The monoisotopic (exact) mass is 272 g/mol. The van der Waals surface area contributed by atoms with Gasteiger partial charge in [0.2, 0.25) is 5.91 Å². The van der Waals surface area contributed by atoms with Crippen LogP contribution in [0.1, 0.15) is 31.2 Å². The number of amides is 1. The highest BCUT2D eigenvalue weighted by Gasteiger charge is 2.12. The molecule has 2 aromatic rings. The van der Waals surface area contributed by atoms with Gasteiger partial charge >= 0.3 is 0 Å². The molecular weight excluding hydrogens is 252 g/mol. The lowest BCUT2D eigenvalue weighted by molar-refractivity contribution is -0.128. The van der Waals surface area contributed by atoms with Gasteiger partial charge in [-0.25, -0.2) is 0 Å². The van der Waals surface area contributed by atoms with Crippen LogP contribution in [0.25, 0.3) is 0 Å². The number of hydrogen-bond acceptors (Lipinski definition) is 3. The number of rotatable bonds is 5. The number of nitrogens with one attached hydrogen (secondary N) is 1. The summed E-state index contributed by atoms with van der Waals surface area (Å²) in [5.74, 6) is 0.943. The molecule has 0 bridgehead atoms. The Balaban J connectivity index is 2.13. The summed E-state index contributed by atoms with van der Waals surface area (Å²) in [5.41, 5.74) is 2.10. The van der Waals surface area contributed by atoms with Gasteiger partial charge in [-0.15, -0.1) is 0 Å². The third kappa shape index (κ3) is 3.41. The summed E-state index contributed by atoms with van der Waals surface area (Å²) in [4.78, 5) is 13.1. The van der Waals surface area contributed by atoms with Crippen LogP contribution in [0.5, 0.6) is 0 Å². The number of anilines is 1. The van der Waals surface area contributed by atoms with Crippen LogP contribution >= 0.6 is 0 Å². The largest absolute Gasteiger partial charge is 0.467 e. The summed E-state index contributed by atoms with van der Waals surface area (Å²) < 4.78 is 5.40. The van der Waals surface area contributed by atoms with E-state index < -0.39 is 0 Å². The Morgan fingerprint density at radius 1 is 1.30 bits per heavy atom. The molecule has 0 aliphatic carbocycles. The average molecular weight is 272 g/mol. The van der Waals surface area contributed by atoms with E-state index in [2.05, 4.69) is 5.32 Å². The molecule has 1 aromatic heterocycles. The summed E-state index contributed by atoms with van der Waals surface area (Å²) >= 11 is 0. The zero-order valence-electron chi connectivity index (χ0n) is 12.1. The molecule has 0 saturated carbocycles. The van der Waals surface area contributed by atoms with E-state index in [1.807, 2.05) is 43.3 Å². The Hall–Kier alpha value is -2.23. The van der Waals surface area contributed by atoms with Crippen LogP contribution in [0, 0.1) is 0 Å². The van der Waals surface area contributed by atoms with Crippen molar-refractivity contribution in [3.63, 3.8) is 0 Å². The molecule has 1 atom stereocenters. The molecule has 106 valence electrons. The molecule has 1 amide bonds. The third-order valence-corrected chi connectivity index (χ3v) is 3.30. The molecule has 0 aliphatic rings. The number of hydrogen-bond donors (Lipinski definition) is 1. The van der Waals surface area contributed by atoms with Crippen molar-refractivity contribution in [1.29, 1.82) is 0 Å². The van der Waals surface area contributed by atoms with Crippen LogP contribution in [0.2, 0.25) is 0 Å². The second-order valence-electron chi connectivity index (χ2n) is 4.91. The van der Waals surface area contributed by atoms with Crippen LogP contribution < -0.4 is 5.32 Å². The maximum absolute atomic E-state index is 11.4. The van der Waals surface area contributed by atoms with Gasteiger partial charge in [0.15, 0.2) is 0 Å². The van der Waals surface area contributed by atoms with E-state index in [-0.39, 0.29) is 11.9 Å². The SMILES string of the molecule is CC(=O)N(C)Cc1ccccc1NC(C)c1ccco1. The van der Waals surface area contributed by atoms with E-state index >= 15 is 0 Å². The molecule has 4 heteroatoms. The minimum absolute atomic E-state index is 0.0545. The second-order valence-corrected chi connectivity index (χ2v) is 4.91. The smallest absolute Gasteiger partial charge is 0.219 e. The van der Waals surface area contributed by atoms with E-state index in [0.717, 1.165) is 17.0 Å². The lowest BCUT2D eigenvalue weighted by Crippen LogP contribution is -2.23. The van der Waals surface area contributed by atoms with Crippen LogP contribution in [0.15, 0.2) is 47.1 Å². The highest BCUT2D eigenvalue weighted by atomic mass is 16.3. The number of carbonyl (C=O) groups excluding carboxylic acids is 1. The van der Waals surface area contributed by atoms with Crippen LogP contribution in [0.3, 0.4) is 0 Å². The minimum atomic E-state index is 0.0545. The molecule has 1 aromatic carbocycles. The van der Waals surface area contributed by atoms with Crippen molar-refractivity contribution in [3.8, 4) is 0 Å². The number of carbonyl (C=O) groups is 1. The Morgan fingerprint density at radius 3 is 2.70 bits per heavy atom. The maximum Gasteiger partial charge on any atom is 0.219 e. The molecule has 0 aliphatic heterocycles. The molecule has 1 N–H and O–H groups in total. The molecule has 1 heterocycles. The number of benzene rings is 1. The predicted octanol–water partition coefficient (Wildman–Crippen LogP) is 3.43. The minimum Gasteiger partial charge on any atom is -0.467 e. The molecule has 0 fully saturated rings. The van der Waals surface area contributed by atoms with Crippen molar-refractivity contribution in [2.24, 2.45) is 0 Å². The van der Waals surface area contributed by atoms with E-state index in [9.17, 15) is 4.79 Å². The van der Waals surface area contributed by atoms with Gasteiger partial charge in [0.1, 0.15) is 5.76 Å². The first-order valence-electron chi connectivity index (χ1n) is 6.67. The average Bonchev–Trinajstić information content (AvgIpc) is 2.94. The Morgan fingerprint density at radius 2 is 2.05 bits per heavy atom. The lowest BCUT2D eigenvalue weighted by Gasteiger charge is -2.20. The molecule has 20 heavy (non-hydrogen) atoms. The van der Waals surface area contributed by atoms with E-state index in [1.165, 1.54) is 0 Å². The van der Waals surface area contributed by atoms with Crippen LogP contribution in [0.4, 0.5) is 5.69 Å². The molecule has 0 spiro atoms. The van der Waals surface area contributed by atoms with Gasteiger partial charge in [-0.1, -0.05) is 18.2 Å². The van der Waals surface area contributed by atoms with Gasteiger partial charge in [-0.3, -0.25) is 4.79 Å². The zero-order chi connectivity index (χ0) is 14.5. The van der Waals surface area contributed by atoms with Crippen molar-refractivity contribution < 1.29 is 9.21 Å². The molecule has 4 nitrogen and oxygen atoms in total. The molecule has 2 rings (SSSR count). The first-order chi connectivity index (χ1) is 9.58. The van der Waals surface area contributed by atoms with Crippen molar-refractivity contribution in [1.82, 2.24) is 4.90 Å². The zero-order valence-corrected chi connectivity index (χ0v) is 12.1. The first kappa shape index (κ1) is 14.2. The van der Waals surface area contributed by atoms with Crippen molar-refractivity contribution in [2.45, 2.75) is 26.4 Å². The van der Waals surface area contributed by atoms with Crippen LogP contribution in [-0.4, -0.2) is 17.9 Å². The molecule has 0 radical (unpaired) electrons. The first-order valence-corrected chi connectivity index (χ1v) is 6.67. The van der Waals surface area contributed by atoms with Gasteiger partial charge in [0, 0.05) is 26.2 Å². The van der Waals surface area contributed by atoms with Crippen molar-refractivity contribution in [3.05, 3.63) is 54.0 Å². The second kappa shape index (κ2) is 6.28. The molecular formula is C16H20N2O2. The number of para-hydroxylation sites is 1. The van der Waals surface area contributed by atoms with Gasteiger partial charge in [-0.2, -0.15) is 0 Å². The lowest BCUT2D eigenvalue weighted by atomic mass is 10.1. The predicted molar refractivity (Wildman–Crippen MR) is 79.3 cm³/mol. The summed E-state index contributed by atoms with van der Waals surface area (Å²) in [6, 6.07) is 11.9. The van der Waals surface area contributed by atoms with Gasteiger partial charge < -0.3 is 14.6 Å². The highest BCUT2D eigenvalue weighted by Crippen LogP contribution is 2.23. The Labute approximate surface area is 119 Å². The summed E-state index contributed by atoms with van der Waals surface area (Å²) in [6.45, 7) is 4.20. The fourth-order valence-corrected chi connectivity index (χ4v) is 2.01. The maximum atomic E-state index is 11.4. The summed E-state index contributed by atoms with van der Waals surface area (Å²) in [6.07, 6.45) is 1.67. The van der Waals surface area contributed by atoms with Gasteiger partial charge in [-0.05, 0) is 30.7 Å². The highest BCUT2D eigenvalue weighted by molar-refractivity contribution is 5.73. The summed E-state index contributed by atoms with van der Waals surface area (Å²) in [5, 5.41) is 3.43. The Bertz CT molecular complexity index is 564. The standard InChI is InChI=1S/C16H20N2O2/c1-12(16-9-6-10-20-16)17-15-8-5-4-7-14(15)11-18(3)13(2)19/h4-10,12,17H,11H2,1-3H3. The quantitative estimate of drug-likeness (QED) is 0.907. The van der Waals surface area contributed by atoms with Crippen LogP contribution in [-0.2, 0) is 11.3 Å². The van der Waals surface area contributed by atoms with Crippen molar-refractivity contribution in [2.75, 3.05) is 12.4 Å². The normalized spacial score (nSPS) is 11.9. The molecule has 0 saturated heterocycles. The van der Waals surface area contributed by atoms with Crippen molar-refractivity contribution >= 4 is 11.6 Å². The van der Waals surface area contributed by atoms with Gasteiger partial charge in [0.25, 0.3) is 0 Å². The Kier molecular flexibility index (Phi) is 4.45. The fourth-order valence-electron chi connectivity index (χ4n) is 2.01. The number of nitrogens with zero attached hydrogens (tertiary/aromatic N) is 1. The van der Waals surface area contributed by atoms with E-state index in [1.54, 1.807) is 25.1 Å². The molecule has 1 unspecified atom stereocenters. The third-order valence-electron chi connectivity index (χ3n) is 3.30. The number of furan rings is 1. The topological polar surface area (TPSA) is 45.5 Å². The summed E-state index contributed by atoms with van der Waals surface area (Å²) in [7, 11) is 1.80. The van der Waals surface area contributed by atoms with Gasteiger partial charge in [0.05, 0.1) is 12.3 Å². The van der Waals surface area contributed by atoms with E-state index in [4.69, 9.17) is 4.42 Å². The fraction of sp³-hybridized carbons (Fsp3) is 0.312. The van der Waals surface area contributed by atoms with E-state index in [0.29, 0.717) is 6.54 Å².